The van der Waals surface area contributed by atoms with E-state index in [9.17, 15) is 4.79 Å². The molecule has 0 heterocycles. The summed E-state index contributed by atoms with van der Waals surface area (Å²) in [5, 5.41) is 8.61. The molecule has 0 unspecified atom stereocenters. The summed E-state index contributed by atoms with van der Waals surface area (Å²) in [4.78, 5) is 10.5. The number of nitrogens with two attached hydrogens (primary N) is 1. The van der Waals surface area contributed by atoms with Crippen LogP contribution in [0.15, 0.2) is 0 Å². The zero-order valence-corrected chi connectivity index (χ0v) is 9.03. The van der Waals surface area contributed by atoms with Crippen LogP contribution in [-0.4, -0.2) is 30.3 Å². The zero-order valence-electron chi connectivity index (χ0n) is 9.03. The van der Waals surface area contributed by atoms with E-state index < -0.39 is 5.97 Å². The summed E-state index contributed by atoms with van der Waals surface area (Å²) < 4.78 is 5.46. The Morgan fingerprint density at radius 2 is 2.21 bits per heavy atom. The van der Waals surface area contributed by atoms with Gasteiger partial charge in [0.1, 0.15) is 0 Å². The highest BCUT2D eigenvalue weighted by atomic mass is 16.5. The first-order valence-corrected chi connectivity index (χ1v) is 5.13. The third kappa shape index (κ3) is 6.86. The van der Waals surface area contributed by atoms with Crippen LogP contribution in [-0.2, 0) is 9.53 Å². The van der Waals surface area contributed by atoms with Crippen molar-refractivity contribution in [2.75, 3.05) is 13.2 Å². The second-order valence-electron chi connectivity index (χ2n) is 3.62. The second-order valence-corrected chi connectivity index (χ2v) is 3.62. The van der Waals surface area contributed by atoms with Crippen LogP contribution in [0.1, 0.15) is 33.1 Å². The molecule has 0 fully saturated rings. The molecule has 14 heavy (non-hydrogen) atoms. The SMILES string of the molecule is CCCO[C@@H](C)C[C@H](CN)CC(=O)O. The Labute approximate surface area is 85.4 Å². The number of carboxylic acids is 1. The standard InChI is InChI=1S/C10H21NO3/c1-3-4-14-8(2)5-9(7-11)6-10(12)13/h8-9H,3-7,11H2,1-2H3,(H,12,13)/t8-,9-/m0/s1. The summed E-state index contributed by atoms with van der Waals surface area (Å²) in [5.74, 6) is -0.762. The Hall–Kier alpha value is -0.610. The molecule has 0 aromatic carbocycles. The molecule has 0 aliphatic heterocycles. The van der Waals surface area contributed by atoms with Crippen LogP contribution in [0, 0.1) is 5.92 Å². The first kappa shape index (κ1) is 13.4. The normalized spacial score (nSPS) is 15.1. The summed E-state index contributed by atoms with van der Waals surface area (Å²) in [6.45, 7) is 5.14. The van der Waals surface area contributed by atoms with Crippen molar-refractivity contribution in [3.8, 4) is 0 Å². The van der Waals surface area contributed by atoms with Gasteiger partial charge in [-0.15, -0.1) is 0 Å². The fourth-order valence-corrected chi connectivity index (χ4v) is 1.37. The van der Waals surface area contributed by atoms with E-state index in [0.29, 0.717) is 6.54 Å². The van der Waals surface area contributed by atoms with Gasteiger partial charge in [0.15, 0.2) is 0 Å². The van der Waals surface area contributed by atoms with Crippen LogP contribution in [0.25, 0.3) is 0 Å². The highest BCUT2D eigenvalue weighted by molar-refractivity contribution is 5.67. The van der Waals surface area contributed by atoms with Crippen LogP contribution >= 0.6 is 0 Å². The molecular weight excluding hydrogens is 182 g/mol. The number of carbonyl (C=O) groups is 1. The van der Waals surface area contributed by atoms with Crippen molar-refractivity contribution in [2.24, 2.45) is 11.7 Å². The fourth-order valence-electron chi connectivity index (χ4n) is 1.37. The molecule has 84 valence electrons. The van der Waals surface area contributed by atoms with E-state index in [1.165, 1.54) is 0 Å². The van der Waals surface area contributed by atoms with Crippen LogP contribution < -0.4 is 5.73 Å². The number of ether oxygens (including phenoxy) is 1. The van der Waals surface area contributed by atoms with Gasteiger partial charge in [0.05, 0.1) is 6.10 Å². The first-order chi connectivity index (χ1) is 6.60. The molecule has 0 saturated carbocycles. The Morgan fingerprint density at radius 3 is 2.64 bits per heavy atom. The van der Waals surface area contributed by atoms with Gasteiger partial charge in [-0.3, -0.25) is 4.79 Å². The van der Waals surface area contributed by atoms with E-state index in [-0.39, 0.29) is 18.4 Å². The van der Waals surface area contributed by atoms with E-state index >= 15 is 0 Å². The van der Waals surface area contributed by atoms with E-state index in [1.54, 1.807) is 0 Å². The highest BCUT2D eigenvalue weighted by Crippen LogP contribution is 2.12. The number of aliphatic carboxylic acids is 1. The van der Waals surface area contributed by atoms with E-state index in [0.717, 1.165) is 19.4 Å². The highest BCUT2D eigenvalue weighted by Gasteiger charge is 2.15. The topological polar surface area (TPSA) is 72.5 Å². The lowest BCUT2D eigenvalue weighted by Crippen LogP contribution is -2.23. The third-order valence-corrected chi connectivity index (χ3v) is 2.07. The maximum atomic E-state index is 10.5. The summed E-state index contributed by atoms with van der Waals surface area (Å²) in [6, 6.07) is 0. The Morgan fingerprint density at radius 1 is 1.57 bits per heavy atom. The average molecular weight is 203 g/mol. The predicted octanol–water partition coefficient (Wildman–Crippen LogP) is 1.24. The maximum Gasteiger partial charge on any atom is 0.303 e. The molecule has 0 amide bonds. The lowest BCUT2D eigenvalue weighted by atomic mass is 9.99. The largest absolute Gasteiger partial charge is 0.481 e. The van der Waals surface area contributed by atoms with Crippen molar-refractivity contribution < 1.29 is 14.6 Å². The van der Waals surface area contributed by atoms with E-state index in [2.05, 4.69) is 0 Å². The van der Waals surface area contributed by atoms with Gasteiger partial charge in [0.25, 0.3) is 0 Å². The third-order valence-electron chi connectivity index (χ3n) is 2.07. The lowest BCUT2D eigenvalue weighted by molar-refractivity contribution is -0.138. The zero-order chi connectivity index (χ0) is 11.0. The monoisotopic (exact) mass is 203 g/mol. The minimum Gasteiger partial charge on any atom is -0.481 e. The quantitative estimate of drug-likeness (QED) is 0.622. The summed E-state index contributed by atoms with van der Waals surface area (Å²) >= 11 is 0. The van der Waals surface area contributed by atoms with Gasteiger partial charge in [-0.25, -0.2) is 0 Å². The molecule has 4 nitrogen and oxygen atoms in total. The summed E-state index contributed by atoms with van der Waals surface area (Å²) in [6.07, 6.45) is 1.94. The predicted molar refractivity (Wildman–Crippen MR) is 55.1 cm³/mol. The number of hydrogen-bond acceptors (Lipinski definition) is 3. The van der Waals surface area contributed by atoms with Gasteiger partial charge in [-0.2, -0.15) is 0 Å². The molecule has 0 bridgehead atoms. The van der Waals surface area contributed by atoms with Crippen molar-refractivity contribution >= 4 is 5.97 Å². The van der Waals surface area contributed by atoms with Crippen LogP contribution in [0.2, 0.25) is 0 Å². The first-order valence-electron chi connectivity index (χ1n) is 5.13. The molecule has 0 radical (unpaired) electrons. The Kier molecular flexibility index (Phi) is 7.42. The summed E-state index contributed by atoms with van der Waals surface area (Å²) in [7, 11) is 0. The summed E-state index contributed by atoms with van der Waals surface area (Å²) in [5.41, 5.74) is 5.48. The Balaban J connectivity index is 3.73. The maximum absolute atomic E-state index is 10.5. The van der Waals surface area contributed by atoms with Gasteiger partial charge in [0, 0.05) is 13.0 Å². The number of hydrogen-bond donors (Lipinski definition) is 2. The molecule has 2 atom stereocenters. The van der Waals surface area contributed by atoms with E-state index in [1.807, 2.05) is 13.8 Å². The molecule has 0 spiro atoms. The molecule has 4 heteroatoms. The molecule has 0 aliphatic carbocycles. The smallest absolute Gasteiger partial charge is 0.303 e. The van der Waals surface area contributed by atoms with Gasteiger partial charge in [-0.1, -0.05) is 6.92 Å². The molecule has 0 saturated heterocycles. The fraction of sp³-hybridized carbons (Fsp3) is 0.900. The van der Waals surface area contributed by atoms with Crippen molar-refractivity contribution in [3.63, 3.8) is 0 Å². The molecule has 0 aromatic heterocycles. The molecule has 0 rings (SSSR count). The van der Waals surface area contributed by atoms with Gasteiger partial charge >= 0.3 is 5.97 Å². The van der Waals surface area contributed by atoms with Crippen molar-refractivity contribution in [3.05, 3.63) is 0 Å². The molecular formula is C10H21NO3. The molecule has 0 aliphatic rings. The van der Waals surface area contributed by atoms with Crippen molar-refractivity contribution in [1.82, 2.24) is 0 Å². The van der Waals surface area contributed by atoms with E-state index in [4.69, 9.17) is 15.6 Å². The molecule has 0 aromatic rings. The average Bonchev–Trinajstić information content (AvgIpc) is 2.12. The van der Waals surface area contributed by atoms with Gasteiger partial charge < -0.3 is 15.6 Å². The van der Waals surface area contributed by atoms with Crippen molar-refractivity contribution in [1.29, 1.82) is 0 Å². The van der Waals surface area contributed by atoms with Crippen LogP contribution in [0.5, 0.6) is 0 Å². The second kappa shape index (κ2) is 7.76. The minimum absolute atomic E-state index is 0.0272. The lowest BCUT2D eigenvalue weighted by Gasteiger charge is -2.18. The Bertz CT molecular complexity index is 161. The van der Waals surface area contributed by atoms with Crippen LogP contribution in [0.3, 0.4) is 0 Å². The number of carboxylic acid groups (broad SMARTS) is 1. The number of rotatable bonds is 8. The van der Waals surface area contributed by atoms with Crippen LogP contribution in [0.4, 0.5) is 0 Å². The minimum atomic E-state index is -0.789. The van der Waals surface area contributed by atoms with Gasteiger partial charge in [-0.05, 0) is 32.2 Å². The van der Waals surface area contributed by atoms with Crippen molar-refractivity contribution in [2.45, 2.75) is 39.2 Å². The van der Waals surface area contributed by atoms with Gasteiger partial charge in [0.2, 0.25) is 0 Å². The molecule has 3 N–H and O–H groups in total.